The molecule has 4 nitrogen and oxygen atoms in total. The molecule has 0 bridgehead atoms. The Bertz CT molecular complexity index is 278. The molecule has 1 rings (SSSR count). The summed E-state index contributed by atoms with van der Waals surface area (Å²) < 4.78 is 24.2. The summed E-state index contributed by atoms with van der Waals surface area (Å²) in [5.41, 5.74) is 0. The SMILES string of the molecule is CCC(CC)N1CCN(S(C)(=O)=O)CC1. The average Bonchev–Trinajstić information content (AvgIpc) is 2.19. The molecule has 1 aliphatic rings. The molecule has 0 atom stereocenters. The molecule has 0 aromatic carbocycles. The van der Waals surface area contributed by atoms with Crippen LogP contribution in [0.3, 0.4) is 0 Å². The van der Waals surface area contributed by atoms with Gasteiger partial charge >= 0.3 is 0 Å². The van der Waals surface area contributed by atoms with Gasteiger partial charge in [0, 0.05) is 32.2 Å². The summed E-state index contributed by atoms with van der Waals surface area (Å²) in [5, 5.41) is 0. The third-order valence-corrected chi connectivity index (χ3v) is 4.50. The topological polar surface area (TPSA) is 40.6 Å². The van der Waals surface area contributed by atoms with Crippen LogP contribution < -0.4 is 0 Å². The normalized spacial score (nSPS) is 21.1. The number of piperazine rings is 1. The van der Waals surface area contributed by atoms with Crippen molar-refractivity contribution in [3.63, 3.8) is 0 Å². The summed E-state index contributed by atoms with van der Waals surface area (Å²) in [6.45, 7) is 7.43. The maximum atomic E-state index is 11.3. The lowest BCUT2D eigenvalue weighted by Gasteiger charge is -2.37. The van der Waals surface area contributed by atoms with Gasteiger partial charge in [0.2, 0.25) is 10.0 Å². The predicted octanol–water partition coefficient (Wildman–Crippen LogP) is 0.752. The summed E-state index contributed by atoms with van der Waals surface area (Å²) in [6, 6.07) is 0.617. The second-order valence-corrected chi connectivity index (χ2v) is 6.15. The van der Waals surface area contributed by atoms with E-state index in [-0.39, 0.29) is 0 Å². The molecule has 0 saturated carbocycles. The molecule has 1 aliphatic heterocycles. The third kappa shape index (κ3) is 3.43. The van der Waals surface area contributed by atoms with Gasteiger partial charge in [0.05, 0.1) is 6.26 Å². The standard InChI is InChI=1S/C10H22N2O2S/c1-4-10(5-2)11-6-8-12(9-7-11)15(3,13)14/h10H,4-9H2,1-3H3. The highest BCUT2D eigenvalue weighted by Crippen LogP contribution is 2.13. The maximum Gasteiger partial charge on any atom is 0.211 e. The molecule has 0 N–H and O–H groups in total. The molecular formula is C10H22N2O2S. The second-order valence-electron chi connectivity index (χ2n) is 4.17. The van der Waals surface area contributed by atoms with E-state index >= 15 is 0 Å². The van der Waals surface area contributed by atoms with Crippen LogP contribution in [-0.4, -0.2) is 56.1 Å². The van der Waals surface area contributed by atoms with E-state index in [1.54, 1.807) is 4.31 Å². The molecule has 0 aromatic rings. The van der Waals surface area contributed by atoms with Gasteiger partial charge in [0.25, 0.3) is 0 Å². The van der Waals surface area contributed by atoms with E-state index < -0.39 is 10.0 Å². The van der Waals surface area contributed by atoms with Gasteiger partial charge in [0.15, 0.2) is 0 Å². The van der Waals surface area contributed by atoms with Crippen LogP contribution in [0, 0.1) is 0 Å². The van der Waals surface area contributed by atoms with Gasteiger partial charge in [-0.1, -0.05) is 13.8 Å². The summed E-state index contributed by atoms with van der Waals surface area (Å²) in [5.74, 6) is 0. The number of nitrogens with zero attached hydrogens (tertiary/aromatic N) is 2. The lowest BCUT2D eigenvalue weighted by atomic mass is 10.1. The van der Waals surface area contributed by atoms with Gasteiger partial charge in [-0.2, -0.15) is 4.31 Å². The first-order chi connectivity index (χ1) is 6.99. The molecule has 5 heteroatoms. The number of hydrogen-bond donors (Lipinski definition) is 0. The van der Waals surface area contributed by atoms with Crippen LogP contribution in [0.4, 0.5) is 0 Å². The fraction of sp³-hybridized carbons (Fsp3) is 1.00. The minimum atomic E-state index is -2.98. The molecule has 1 saturated heterocycles. The molecule has 1 heterocycles. The van der Waals surface area contributed by atoms with E-state index in [0.717, 1.165) is 25.9 Å². The Morgan fingerprint density at radius 2 is 1.53 bits per heavy atom. The Kier molecular flexibility index (Phi) is 4.55. The van der Waals surface area contributed by atoms with Crippen LogP contribution in [0.1, 0.15) is 26.7 Å². The molecular weight excluding hydrogens is 212 g/mol. The van der Waals surface area contributed by atoms with Crippen LogP contribution in [0.2, 0.25) is 0 Å². The molecule has 15 heavy (non-hydrogen) atoms. The molecule has 0 aliphatic carbocycles. The zero-order valence-electron chi connectivity index (χ0n) is 9.94. The number of hydrogen-bond acceptors (Lipinski definition) is 3. The van der Waals surface area contributed by atoms with Gasteiger partial charge < -0.3 is 0 Å². The van der Waals surface area contributed by atoms with Crippen molar-refractivity contribution in [1.29, 1.82) is 0 Å². The average molecular weight is 234 g/mol. The molecule has 0 spiro atoms. The fourth-order valence-electron chi connectivity index (χ4n) is 2.21. The van der Waals surface area contributed by atoms with E-state index in [4.69, 9.17) is 0 Å². The minimum absolute atomic E-state index is 0.617. The lowest BCUT2D eigenvalue weighted by Crippen LogP contribution is -2.51. The van der Waals surface area contributed by atoms with Gasteiger partial charge in [-0.15, -0.1) is 0 Å². The lowest BCUT2D eigenvalue weighted by molar-refractivity contribution is 0.131. The van der Waals surface area contributed by atoms with Crippen LogP contribution in [0.25, 0.3) is 0 Å². The van der Waals surface area contributed by atoms with Crippen molar-refractivity contribution in [2.75, 3.05) is 32.4 Å². The van der Waals surface area contributed by atoms with Crippen LogP contribution in [-0.2, 0) is 10.0 Å². The smallest absolute Gasteiger partial charge is 0.211 e. The van der Waals surface area contributed by atoms with E-state index in [2.05, 4.69) is 18.7 Å². The van der Waals surface area contributed by atoms with E-state index in [1.807, 2.05) is 0 Å². The van der Waals surface area contributed by atoms with Crippen molar-refractivity contribution in [3.8, 4) is 0 Å². The van der Waals surface area contributed by atoms with Gasteiger partial charge in [0.1, 0.15) is 0 Å². The minimum Gasteiger partial charge on any atom is -0.298 e. The van der Waals surface area contributed by atoms with E-state index in [1.165, 1.54) is 6.26 Å². The molecule has 0 radical (unpaired) electrons. The van der Waals surface area contributed by atoms with Crippen molar-refractivity contribution < 1.29 is 8.42 Å². The van der Waals surface area contributed by atoms with Crippen molar-refractivity contribution in [3.05, 3.63) is 0 Å². The quantitative estimate of drug-likeness (QED) is 0.721. The Morgan fingerprint density at radius 3 is 1.87 bits per heavy atom. The van der Waals surface area contributed by atoms with E-state index in [9.17, 15) is 8.42 Å². The molecule has 0 unspecified atom stereocenters. The Morgan fingerprint density at radius 1 is 1.07 bits per heavy atom. The van der Waals surface area contributed by atoms with Gasteiger partial charge in [-0.05, 0) is 12.8 Å². The summed E-state index contributed by atoms with van der Waals surface area (Å²) in [7, 11) is -2.98. The Hall–Kier alpha value is -0.130. The number of sulfonamides is 1. The highest BCUT2D eigenvalue weighted by Gasteiger charge is 2.25. The van der Waals surface area contributed by atoms with Crippen LogP contribution in [0.15, 0.2) is 0 Å². The first-order valence-corrected chi connectivity index (χ1v) is 7.53. The Labute approximate surface area is 93.3 Å². The predicted molar refractivity (Wildman–Crippen MR) is 62.4 cm³/mol. The molecule has 1 fully saturated rings. The molecule has 0 aromatic heterocycles. The van der Waals surface area contributed by atoms with Crippen molar-refractivity contribution in [2.24, 2.45) is 0 Å². The van der Waals surface area contributed by atoms with Gasteiger partial charge in [-0.25, -0.2) is 8.42 Å². The zero-order chi connectivity index (χ0) is 11.5. The maximum absolute atomic E-state index is 11.3. The largest absolute Gasteiger partial charge is 0.298 e. The highest BCUT2D eigenvalue weighted by molar-refractivity contribution is 7.88. The zero-order valence-corrected chi connectivity index (χ0v) is 10.8. The first kappa shape index (κ1) is 12.9. The molecule has 0 amide bonds. The summed E-state index contributed by atoms with van der Waals surface area (Å²) >= 11 is 0. The number of rotatable bonds is 4. The first-order valence-electron chi connectivity index (χ1n) is 5.68. The van der Waals surface area contributed by atoms with E-state index in [0.29, 0.717) is 19.1 Å². The van der Waals surface area contributed by atoms with Gasteiger partial charge in [-0.3, -0.25) is 4.90 Å². The van der Waals surface area contributed by atoms with Crippen LogP contribution >= 0.6 is 0 Å². The van der Waals surface area contributed by atoms with Crippen LogP contribution in [0.5, 0.6) is 0 Å². The summed E-state index contributed by atoms with van der Waals surface area (Å²) in [6.07, 6.45) is 3.59. The Balaban J connectivity index is 2.49. The fourth-order valence-corrected chi connectivity index (χ4v) is 3.03. The molecule has 90 valence electrons. The highest BCUT2D eigenvalue weighted by atomic mass is 32.2. The van der Waals surface area contributed by atoms with Crippen molar-refractivity contribution in [1.82, 2.24) is 9.21 Å². The van der Waals surface area contributed by atoms with Crippen molar-refractivity contribution >= 4 is 10.0 Å². The van der Waals surface area contributed by atoms with Crippen molar-refractivity contribution in [2.45, 2.75) is 32.7 Å². The third-order valence-electron chi connectivity index (χ3n) is 3.20. The second kappa shape index (κ2) is 5.27. The summed E-state index contributed by atoms with van der Waals surface area (Å²) in [4.78, 5) is 2.40. The monoisotopic (exact) mass is 234 g/mol.